The molecule has 0 amide bonds. The minimum Gasteiger partial charge on any atom is -0.447 e. The van der Waals surface area contributed by atoms with Crippen molar-refractivity contribution in [1.29, 1.82) is 0 Å². The molecule has 1 heterocycles. The second kappa shape index (κ2) is 6.60. The third kappa shape index (κ3) is 3.50. The maximum Gasteiger partial charge on any atom is 0.276 e. The molecule has 5 nitrogen and oxygen atoms in total. The van der Waals surface area contributed by atoms with Crippen molar-refractivity contribution in [1.82, 2.24) is 9.62 Å². The number of sulfonamides is 1. The largest absolute Gasteiger partial charge is 0.447 e. The van der Waals surface area contributed by atoms with Gasteiger partial charge in [0.25, 0.3) is 10.0 Å². The van der Waals surface area contributed by atoms with Crippen LogP contribution in [0.4, 0.5) is 0 Å². The maximum absolute atomic E-state index is 12.3. The van der Waals surface area contributed by atoms with Gasteiger partial charge in [-0.3, -0.25) is 0 Å². The third-order valence-electron chi connectivity index (χ3n) is 2.65. The van der Waals surface area contributed by atoms with E-state index in [1.165, 1.54) is 10.4 Å². The first-order valence-corrected chi connectivity index (χ1v) is 8.47. The normalized spacial score (nSPS) is 14.1. The van der Waals surface area contributed by atoms with Gasteiger partial charge in [0.15, 0.2) is 0 Å². The Morgan fingerprint density at radius 3 is 2.72 bits per heavy atom. The van der Waals surface area contributed by atoms with Gasteiger partial charge in [0.2, 0.25) is 5.09 Å². The summed E-state index contributed by atoms with van der Waals surface area (Å²) >= 11 is 1.62. The molecule has 0 aromatic carbocycles. The second-order valence-corrected chi connectivity index (χ2v) is 6.92. The van der Waals surface area contributed by atoms with E-state index in [0.717, 1.165) is 5.75 Å². The summed E-state index contributed by atoms with van der Waals surface area (Å²) in [6, 6.07) is 3.11. The van der Waals surface area contributed by atoms with Gasteiger partial charge < -0.3 is 9.73 Å². The fourth-order valence-electron chi connectivity index (χ4n) is 1.49. The quantitative estimate of drug-likeness (QED) is 0.822. The van der Waals surface area contributed by atoms with Crippen molar-refractivity contribution in [2.24, 2.45) is 0 Å². The monoisotopic (exact) mass is 292 g/mol. The van der Waals surface area contributed by atoms with Crippen molar-refractivity contribution in [3.8, 4) is 0 Å². The van der Waals surface area contributed by atoms with Crippen molar-refractivity contribution in [3.63, 3.8) is 0 Å². The molecular weight excluding hydrogens is 272 g/mol. The second-order valence-electron chi connectivity index (χ2n) is 4.08. The summed E-state index contributed by atoms with van der Waals surface area (Å²) in [6.07, 6.45) is 1.95. The predicted molar refractivity (Wildman–Crippen MR) is 74.3 cm³/mol. The molecule has 1 unspecified atom stereocenters. The van der Waals surface area contributed by atoms with E-state index in [1.807, 2.05) is 13.2 Å². The van der Waals surface area contributed by atoms with E-state index in [1.54, 1.807) is 31.9 Å². The molecule has 0 radical (unpaired) electrons. The standard InChI is InChI=1S/C11H20N2O3S2/c1-9(8-17-4)13(3)18(14,15)11-6-5-10(16-11)7-12-2/h5-6,9,12H,7-8H2,1-4H3. The highest BCUT2D eigenvalue weighted by Crippen LogP contribution is 2.20. The van der Waals surface area contributed by atoms with E-state index in [4.69, 9.17) is 4.42 Å². The van der Waals surface area contributed by atoms with E-state index in [9.17, 15) is 8.42 Å². The first-order chi connectivity index (χ1) is 8.43. The molecule has 0 aliphatic heterocycles. The lowest BCUT2D eigenvalue weighted by molar-refractivity contribution is 0.365. The van der Waals surface area contributed by atoms with Gasteiger partial charge in [0.05, 0.1) is 6.54 Å². The van der Waals surface area contributed by atoms with Gasteiger partial charge in [0.1, 0.15) is 5.76 Å². The van der Waals surface area contributed by atoms with Crippen LogP contribution >= 0.6 is 11.8 Å². The number of rotatable bonds is 7. The van der Waals surface area contributed by atoms with Crippen LogP contribution < -0.4 is 5.32 Å². The Balaban J connectivity index is 2.90. The van der Waals surface area contributed by atoms with Crippen LogP contribution in [-0.2, 0) is 16.6 Å². The van der Waals surface area contributed by atoms with Gasteiger partial charge >= 0.3 is 0 Å². The van der Waals surface area contributed by atoms with Gasteiger partial charge in [0, 0.05) is 18.8 Å². The zero-order chi connectivity index (χ0) is 13.8. The summed E-state index contributed by atoms with van der Waals surface area (Å²) in [5.74, 6) is 1.36. The van der Waals surface area contributed by atoms with Crippen molar-refractivity contribution < 1.29 is 12.8 Å². The average Bonchev–Trinajstić information content (AvgIpc) is 2.78. The van der Waals surface area contributed by atoms with Crippen LogP contribution in [0, 0.1) is 0 Å². The van der Waals surface area contributed by atoms with E-state index >= 15 is 0 Å². The Labute approximate surface area is 113 Å². The highest BCUT2D eigenvalue weighted by atomic mass is 32.2. The molecule has 0 saturated heterocycles. The molecule has 18 heavy (non-hydrogen) atoms. The van der Waals surface area contributed by atoms with E-state index in [-0.39, 0.29) is 11.1 Å². The first-order valence-electron chi connectivity index (χ1n) is 5.63. The lowest BCUT2D eigenvalue weighted by Crippen LogP contribution is -2.36. The summed E-state index contributed by atoms with van der Waals surface area (Å²) in [7, 11) is -0.171. The Bertz CT molecular complexity index is 470. The molecule has 0 aliphatic carbocycles. The minimum atomic E-state index is -3.53. The molecule has 0 aliphatic rings. The number of furan rings is 1. The van der Waals surface area contributed by atoms with Crippen molar-refractivity contribution in [2.45, 2.75) is 24.6 Å². The smallest absolute Gasteiger partial charge is 0.276 e. The highest BCUT2D eigenvalue weighted by Gasteiger charge is 2.28. The molecule has 0 spiro atoms. The Morgan fingerprint density at radius 1 is 1.50 bits per heavy atom. The van der Waals surface area contributed by atoms with Crippen LogP contribution in [0.25, 0.3) is 0 Å². The lowest BCUT2D eigenvalue weighted by Gasteiger charge is -2.22. The lowest BCUT2D eigenvalue weighted by atomic mass is 10.4. The number of hydrogen-bond donors (Lipinski definition) is 1. The van der Waals surface area contributed by atoms with Crippen LogP contribution in [0.3, 0.4) is 0 Å². The minimum absolute atomic E-state index is 0.00297. The van der Waals surface area contributed by atoms with Gasteiger partial charge in [-0.2, -0.15) is 16.1 Å². The van der Waals surface area contributed by atoms with Gasteiger partial charge in [-0.1, -0.05) is 0 Å². The molecule has 7 heteroatoms. The predicted octanol–water partition coefficient (Wildman–Crippen LogP) is 1.37. The molecule has 1 N–H and O–H groups in total. The number of nitrogens with zero attached hydrogens (tertiary/aromatic N) is 1. The zero-order valence-electron chi connectivity index (χ0n) is 11.1. The first kappa shape index (κ1) is 15.6. The van der Waals surface area contributed by atoms with Crippen LogP contribution in [0.5, 0.6) is 0 Å². The van der Waals surface area contributed by atoms with E-state index in [2.05, 4.69) is 5.32 Å². The van der Waals surface area contributed by atoms with Crippen LogP contribution in [-0.4, -0.2) is 44.9 Å². The molecule has 1 rings (SSSR count). The Kier molecular flexibility index (Phi) is 5.71. The molecule has 0 bridgehead atoms. The molecule has 104 valence electrons. The van der Waals surface area contributed by atoms with Crippen LogP contribution in [0.15, 0.2) is 21.6 Å². The molecule has 1 atom stereocenters. The fourth-order valence-corrected chi connectivity index (χ4v) is 3.58. The van der Waals surface area contributed by atoms with Gasteiger partial charge in [-0.25, -0.2) is 8.42 Å². The third-order valence-corrected chi connectivity index (χ3v) is 5.31. The summed E-state index contributed by atoms with van der Waals surface area (Å²) in [4.78, 5) is 0. The maximum atomic E-state index is 12.3. The molecule has 1 aromatic rings. The highest BCUT2D eigenvalue weighted by molar-refractivity contribution is 7.98. The van der Waals surface area contributed by atoms with Crippen molar-refractivity contribution >= 4 is 21.8 Å². The molecule has 0 fully saturated rings. The Hall–Kier alpha value is -0.500. The van der Waals surface area contributed by atoms with Gasteiger partial charge in [-0.15, -0.1) is 0 Å². The average molecular weight is 292 g/mol. The molecular formula is C11H20N2O3S2. The summed E-state index contributed by atoms with van der Waals surface area (Å²) in [6.45, 7) is 2.39. The van der Waals surface area contributed by atoms with Crippen LogP contribution in [0.2, 0.25) is 0 Å². The summed E-state index contributed by atoms with van der Waals surface area (Å²) < 4.78 is 31.2. The summed E-state index contributed by atoms with van der Waals surface area (Å²) in [5.41, 5.74) is 0. The fraction of sp³-hybridized carbons (Fsp3) is 0.636. The van der Waals surface area contributed by atoms with Crippen molar-refractivity contribution in [3.05, 3.63) is 17.9 Å². The van der Waals surface area contributed by atoms with E-state index in [0.29, 0.717) is 12.3 Å². The SMILES string of the molecule is CNCc1ccc(S(=O)(=O)N(C)C(C)CSC)o1. The number of nitrogens with one attached hydrogen (secondary N) is 1. The van der Waals surface area contributed by atoms with Crippen molar-refractivity contribution in [2.75, 3.05) is 26.1 Å². The number of thioether (sulfide) groups is 1. The van der Waals surface area contributed by atoms with E-state index < -0.39 is 10.0 Å². The van der Waals surface area contributed by atoms with Crippen LogP contribution in [0.1, 0.15) is 12.7 Å². The van der Waals surface area contributed by atoms with Gasteiger partial charge in [-0.05, 0) is 32.4 Å². The summed E-state index contributed by atoms with van der Waals surface area (Å²) in [5, 5.41) is 2.92. The molecule has 1 aromatic heterocycles. The Morgan fingerprint density at radius 2 is 2.17 bits per heavy atom. The topological polar surface area (TPSA) is 62.6 Å². The zero-order valence-corrected chi connectivity index (χ0v) is 12.8. The molecule has 0 saturated carbocycles. The number of hydrogen-bond acceptors (Lipinski definition) is 5.